The summed E-state index contributed by atoms with van der Waals surface area (Å²) >= 11 is 0. The third kappa shape index (κ3) is 4.26. The summed E-state index contributed by atoms with van der Waals surface area (Å²) < 4.78 is 50.1. The Kier molecular flexibility index (Phi) is 5.23. The van der Waals surface area contributed by atoms with Crippen LogP contribution in [-0.2, 0) is 20.0 Å². The molecule has 2 unspecified atom stereocenters. The lowest BCUT2D eigenvalue weighted by atomic mass is 9.94. The van der Waals surface area contributed by atoms with E-state index < -0.39 is 20.0 Å². The van der Waals surface area contributed by atoms with Crippen molar-refractivity contribution in [3.05, 3.63) is 24.3 Å². The number of nitrogens with one attached hydrogen (secondary N) is 2. The second kappa shape index (κ2) is 6.63. The summed E-state index contributed by atoms with van der Waals surface area (Å²) in [5.74, 6) is 0.213. The van der Waals surface area contributed by atoms with Crippen molar-refractivity contribution in [3.63, 3.8) is 0 Å². The molecule has 9 heteroatoms. The zero-order chi connectivity index (χ0) is 16.4. The molecule has 7 nitrogen and oxygen atoms in total. The van der Waals surface area contributed by atoms with Gasteiger partial charge in [-0.1, -0.05) is 6.07 Å². The SMILES string of the molecule is CC(NS(=O)(=O)c1cccc(S(N)(=O)=O)c1)C1CCCNC1. The second-order valence-corrected chi connectivity index (χ2v) is 8.81. The molecule has 4 N–H and O–H groups in total. The van der Waals surface area contributed by atoms with Crippen LogP contribution in [0.25, 0.3) is 0 Å². The van der Waals surface area contributed by atoms with Crippen LogP contribution in [0.2, 0.25) is 0 Å². The summed E-state index contributed by atoms with van der Waals surface area (Å²) in [4.78, 5) is -0.322. The van der Waals surface area contributed by atoms with Crippen molar-refractivity contribution >= 4 is 20.0 Å². The molecule has 1 aliphatic heterocycles. The maximum Gasteiger partial charge on any atom is 0.240 e. The zero-order valence-corrected chi connectivity index (χ0v) is 14.0. The van der Waals surface area contributed by atoms with E-state index in [2.05, 4.69) is 10.0 Å². The number of benzene rings is 1. The first-order valence-corrected chi connectivity index (χ1v) is 10.1. The van der Waals surface area contributed by atoms with Crippen molar-refractivity contribution in [2.24, 2.45) is 11.1 Å². The van der Waals surface area contributed by atoms with Gasteiger partial charge >= 0.3 is 0 Å². The molecule has 124 valence electrons. The first-order valence-electron chi connectivity index (χ1n) is 7.06. The number of sulfonamides is 2. The molecule has 0 spiro atoms. The maximum atomic E-state index is 12.4. The molecule has 0 radical (unpaired) electrons. The number of rotatable bonds is 5. The smallest absolute Gasteiger partial charge is 0.240 e. The van der Waals surface area contributed by atoms with Crippen LogP contribution in [0, 0.1) is 5.92 Å². The molecule has 0 aromatic heterocycles. The molecule has 0 saturated carbocycles. The third-order valence-corrected chi connectivity index (χ3v) is 6.30. The Bertz CT molecular complexity index is 725. The standard InChI is InChI=1S/C13H21N3O4S2/c1-10(11-4-3-7-15-9-11)16-22(19,20)13-6-2-5-12(8-13)21(14,17)18/h2,5-6,8,10-11,15-16H,3-4,7,9H2,1H3,(H2,14,17,18). The molecule has 1 saturated heterocycles. The van der Waals surface area contributed by atoms with Gasteiger partial charge in [-0.05, 0) is 57.0 Å². The van der Waals surface area contributed by atoms with Gasteiger partial charge in [-0.2, -0.15) is 0 Å². The number of primary sulfonamides is 1. The van der Waals surface area contributed by atoms with Crippen LogP contribution in [0.1, 0.15) is 19.8 Å². The van der Waals surface area contributed by atoms with Gasteiger partial charge in [0, 0.05) is 6.04 Å². The number of hydrogen-bond donors (Lipinski definition) is 3. The predicted molar refractivity (Wildman–Crippen MR) is 83.2 cm³/mol. The van der Waals surface area contributed by atoms with Crippen LogP contribution in [0.4, 0.5) is 0 Å². The molecule has 0 bridgehead atoms. The molecular formula is C13H21N3O4S2. The lowest BCUT2D eigenvalue weighted by Crippen LogP contribution is -2.44. The van der Waals surface area contributed by atoms with E-state index in [9.17, 15) is 16.8 Å². The normalized spacial score (nSPS) is 21.5. The highest BCUT2D eigenvalue weighted by Gasteiger charge is 2.25. The summed E-state index contributed by atoms with van der Waals surface area (Å²) in [5.41, 5.74) is 0. The van der Waals surface area contributed by atoms with Crippen molar-refractivity contribution in [1.29, 1.82) is 0 Å². The summed E-state index contributed by atoms with van der Waals surface area (Å²) in [6.07, 6.45) is 1.96. The number of piperidine rings is 1. The Labute approximate surface area is 131 Å². The average molecular weight is 347 g/mol. The van der Waals surface area contributed by atoms with Crippen LogP contribution >= 0.6 is 0 Å². The Morgan fingerprint density at radius 1 is 1.27 bits per heavy atom. The van der Waals surface area contributed by atoms with E-state index in [-0.39, 0.29) is 21.8 Å². The van der Waals surface area contributed by atoms with Crippen LogP contribution in [0.3, 0.4) is 0 Å². The fourth-order valence-electron chi connectivity index (χ4n) is 2.53. The van der Waals surface area contributed by atoms with E-state index in [0.29, 0.717) is 0 Å². The summed E-state index contributed by atoms with van der Waals surface area (Å²) in [6, 6.07) is 4.81. The Morgan fingerprint density at radius 3 is 2.55 bits per heavy atom. The quantitative estimate of drug-likeness (QED) is 0.693. The fourth-order valence-corrected chi connectivity index (χ4v) is 4.52. The minimum atomic E-state index is -3.94. The highest BCUT2D eigenvalue weighted by atomic mass is 32.2. The van der Waals surface area contributed by atoms with Crippen LogP contribution in [-0.4, -0.2) is 36.0 Å². The predicted octanol–water partition coefficient (Wildman–Crippen LogP) is 0.000400. The van der Waals surface area contributed by atoms with Crippen molar-refractivity contribution in [2.75, 3.05) is 13.1 Å². The number of nitrogens with two attached hydrogens (primary N) is 1. The van der Waals surface area contributed by atoms with Crippen molar-refractivity contribution in [3.8, 4) is 0 Å². The summed E-state index contributed by atoms with van der Waals surface area (Å²) in [7, 11) is -7.73. The molecule has 22 heavy (non-hydrogen) atoms. The maximum absolute atomic E-state index is 12.4. The minimum absolute atomic E-state index is 0.102. The highest BCUT2D eigenvalue weighted by molar-refractivity contribution is 7.90. The largest absolute Gasteiger partial charge is 0.316 e. The summed E-state index contributed by atoms with van der Waals surface area (Å²) in [6.45, 7) is 3.53. The molecule has 1 heterocycles. The molecule has 2 rings (SSSR count). The molecule has 2 atom stereocenters. The summed E-state index contributed by atoms with van der Waals surface area (Å²) in [5, 5.41) is 8.28. The monoisotopic (exact) mass is 347 g/mol. The van der Waals surface area contributed by atoms with E-state index in [1.807, 2.05) is 6.92 Å². The van der Waals surface area contributed by atoms with Crippen molar-refractivity contribution in [2.45, 2.75) is 35.6 Å². The van der Waals surface area contributed by atoms with Gasteiger partial charge in [0.15, 0.2) is 0 Å². The Morgan fingerprint density at radius 2 is 1.95 bits per heavy atom. The lowest BCUT2D eigenvalue weighted by molar-refractivity contribution is 0.320. The molecular weight excluding hydrogens is 326 g/mol. The van der Waals surface area contributed by atoms with E-state index >= 15 is 0 Å². The average Bonchev–Trinajstić information content (AvgIpc) is 2.47. The fraction of sp³-hybridized carbons (Fsp3) is 0.538. The van der Waals surface area contributed by atoms with Crippen molar-refractivity contribution in [1.82, 2.24) is 10.0 Å². The van der Waals surface area contributed by atoms with E-state index in [1.54, 1.807) is 0 Å². The molecule has 1 aromatic rings. The highest BCUT2D eigenvalue weighted by Crippen LogP contribution is 2.18. The van der Waals surface area contributed by atoms with E-state index in [1.165, 1.54) is 18.2 Å². The van der Waals surface area contributed by atoms with Gasteiger partial charge < -0.3 is 5.32 Å². The van der Waals surface area contributed by atoms with Gasteiger partial charge in [0.1, 0.15) is 0 Å². The van der Waals surface area contributed by atoms with Gasteiger partial charge in [-0.25, -0.2) is 26.7 Å². The molecule has 1 fully saturated rings. The second-order valence-electron chi connectivity index (χ2n) is 5.54. The zero-order valence-electron chi connectivity index (χ0n) is 12.3. The third-order valence-electron chi connectivity index (χ3n) is 3.83. The molecule has 0 aliphatic carbocycles. The lowest BCUT2D eigenvalue weighted by Gasteiger charge is -2.28. The van der Waals surface area contributed by atoms with Crippen molar-refractivity contribution < 1.29 is 16.8 Å². The van der Waals surface area contributed by atoms with Gasteiger partial charge in [-0.3, -0.25) is 0 Å². The Hall–Kier alpha value is -1.00. The van der Waals surface area contributed by atoms with E-state index in [4.69, 9.17) is 5.14 Å². The van der Waals surface area contributed by atoms with E-state index in [0.717, 1.165) is 32.0 Å². The molecule has 0 amide bonds. The number of hydrogen-bond acceptors (Lipinski definition) is 5. The first kappa shape index (κ1) is 17.4. The van der Waals surface area contributed by atoms with Crippen LogP contribution < -0.4 is 15.2 Å². The Balaban J connectivity index is 2.19. The first-order chi connectivity index (χ1) is 10.2. The van der Waals surface area contributed by atoms with Gasteiger partial charge in [0.05, 0.1) is 9.79 Å². The van der Waals surface area contributed by atoms with Gasteiger partial charge in [0.25, 0.3) is 0 Å². The minimum Gasteiger partial charge on any atom is -0.316 e. The van der Waals surface area contributed by atoms with Gasteiger partial charge in [0.2, 0.25) is 20.0 Å². The van der Waals surface area contributed by atoms with Crippen LogP contribution in [0.5, 0.6) is 0 Å². The van der Waals surface area contributed by atoms with Gasteiger partial charge in [-0.15, -0.1) is 0 Å². The topological polar surface area (TPSA) is 118 Å². The van der Waals surface area contributed by atoms with Crippen LogP contribution in [0.15, 0.2) is 34.1 Å². The molecule has 1 aliphatic rings. The molecule has 1 aromatic carbocycles.